The summed E-state index contributed by atoms with van der Waals surface area (Å²) in [5.74, 6) is 0.127. The summed E-state index contributed by atoms with van der Waals surface area (Å²) in [5, 5.41) is 2.72. The van der Waals surface area contributed by atoms with Crippen molar-refractivity contribution in [1.29, 1.82) is 0 Å². The normalized spacial score (nSPS) is 14.5. The van der Waals surface area contributed by atoms with Crippen molar-refractivity contribution >= 4 is 11.7 Å². The van der Waals surface area contributed by atoms with Gasteiger partial charge in [-0.25, -0.2) is 4.39 Å². The maximum absolute atomic E-state index is 13.0. The van der Waals surface area contributed by atoms with Crippen LogP contribution in [-0.4, -0.2) is 16.7 Å². The van der Waals surface area contributed by atoms with Crippen LogP contribution in [0.25, 0.3) is 0 Å². The third-order valence-electron chi connectivity index (χ3n) is 5.39. The van der Waals surface area contributed by atoms with Crippen LogP contribution in [0.4, 0.5) is 4.39 Å². The molecule has 0 aliphatic heterocycles. The van der Waals surface area contributed by atoms with Gasteiger partial charge in [-0.15, -0.1) is 0 Å². The van der Waals surface area contributed by atoms with Crippen molar-refractivity contribution in [2.75, 3.05) is 0 Å². The maximum Gasteiger partial charge on any atom is 0.261 e. The number of hydrogen-bond donors (Lipinski definition) is 2. The van der Waals surface area contributed by atoms with Gasteiger partial charge in [0.1, 0.15) is 22.9 Å². The van der Waals surface area contributed by atoms with E-state index in [1.165, 1.54) is 30.3 Å². The van der Waals surface area contributed by atoms with Crippen LogP contribution in [0.2, 0.25) is 0 Å². The van der Waals surface area contributed by atoms with E-state index in [0.29, 0.717) is 35.6 Å². The zero-order valence-electron chi connectivity index (χ0n) is 17.8. The Bertz CT molecular complexity index is 1230. The number of benzene rings is 2. The quantitative estimate of drug-likeness (QED) is 0.623. The molecule has 164 valence electrons. The third-order valence-corrected chi connectivity index (χ3v) is 5.39. The van der Waals surface area contributed by atoms with E-state index >= 15 is 0 Å². The van der Waals surface area contributed by atoms with Crippen molar-refractivity contribution in [3.8, 4) is 11.5 Å². The predicted octanol–water partition coefficient (Wildman–Crippen LogP) is 4.39. The zero-order valence-corrected chi connectivity index (χ0v) is 17.8. The number of fused-ring (bicyclic) bond motifs is 1. The Morgan fingerprint density at radius 1 is 1.03 bits per heavy atom. The molecule has 7 heteroatoms. The van der Waals surface area contributed by atoms with Crippen molar-refractivity contribution in [2.45, 2.75) is 33.2 Å². The lowest BCUT2D eigenvalue weighted by atomic mass is 9.75. The van der Waals surface area contributed by atoms with Crippen LogP contribution >= 0.6 is 0 Å². The molecule has 0 radical (unpaired) electrons. The van der Waals surface area contributed by atoms with Crippen LogP contribution < -0.4 is 15.6 Å². The van der Waals surface area contributed by atoms with Gasteiger partial charge in [0.2, 0.25) is 0 Å². The molecule has 4 rings (SSSR count). The van der Waals surface area contributed by atoms with Crippen molar-refractivity contribution < 1.29 is 18.7 Å². The van der Waals surface area contributed by atoms with E-state index in [2.05, 4.69) is 10.3 Å². The Labute approximate surface area is 184 Å². The zero-order chi connectivity index (χ0) is 22.9. The molecule has 1 aromatic heterocycles. The number of ether oxygens (including phenoxy) is 1. The Kier molecular flexibility index (Phi) is 5.65. The number of ketones is 1. The minimum Gasteiger partial charge on any atom is -0.457 e. The number of carbonyl (C=O) groups is 2. The maximum atomic E-state index is 13.0. The number of amides is 1. The second-order valence-corrected chi connectivity index (χ2v) is 8.73. The first-order chi connectivity index (χ1) is 15.2. The number of aromatic amines is 1. The Morgan fingerprint density at radius 2 is 1.66 bits per heavy atom. The highest BCUT2D eigenvalue weighted by atomic mass is 19.1. The molecular formula is C25H23FN2O4. The van der Waals surface area contributed by atoms with Crippen molar-refractivity contribution in [3.05, 3.63) is 93.2 Å². The van der Waals surface area contributed by atoms with E-state index < -0.39 is 11.5 Å². The average molecular weight is 434 g/mol. The van der Waals surface area contributed by atoms with Gasteiger partial charge in [0.25, 0.3) is 11.5 Å². The number of carbonyl (C=O) groups excluding carboxylic acids is 2. The monoisotopic (exact) mass is 434 g/mol. The molecule has 0 unspecified atom stereocenters. The average Bonchev–Trinajstić information content (AvgIpc) is 2.73. The van der Waals surface area contributed by atoms with Gasteiger partial charge in [0.05, 0.1) is 0 Å². The topological polar surface area (TPSA) is 88.3 Å². The first-order valence-electron chi connectivity index (χ1n) is 10.3. The van der Waals surface area contributed by atoms with E-state index in [0.717, 1.165) is 5.56 Å². The summed E-state index contributed by atoms with van der Waals surface area (Å²) in [6, 6.07) is 14.1. The highest BCUT2D eigenvalue weighted by Crippen LogP contribution is 2.33. The Hall–Kier alpha value is -3.74. The standard InChI is InChI=1S/C25H23FN2O4/c1-25(2)12-21-19(22(29)13-25)11-20(24(31)28-21)23(30)27-14-15-3-7-17(8-4-15)32-18-9-5-16(26)6-10-18/h3-11H,12-14H2,1-2H3,(H,27,30)(H,28,31). The van der Waals surface area contributed by atoms with Crippen molar-refractivity contribution in [3.63, 3.8) is 0 Å². The molecule has 0 atom stereocenters. The highest BCUT2D eigenvalue weighted by molar-refractivity contribution is 6.02. The van der Waals surface area contributed by atoms with E-state index in [1.54, 1.807) is 24.3 Å². The lowest BCUT2D eigenvalue weighted by Crippen LogP contribution is -2.34. The molecule has 1 aliphatic carbocycles. The summed E-state index contributed by atoms with van der Waals surface area (Å²) in [6.45, 7) is 4.15. The fraction of sp³-hybridized carbons (Fsp3) is 0.240. The lowest BCUT2D eigenvalue weighted by molar-refractivity contribution is 0.0910. The largest absolute Gasteiger partial charge is 0.457 e. The third kappa shape index (κ3) is 4.77. The molecule has 32 heavy (non-hydrogen) atoms. The van der Waals surface area contributed by atoms with Gasteiger partial charge in [0.15, 0.2) is 5.78 Å². The molecule has 0 spiro atoms. The number of pyridine rings is 1. The SMILES string of the molecule is CC1(C)CC(=O)c2cc(C(=O)NCc3ccc(Oc4ccc(F)cc4)cc3)c(=O)[nH]c2C1. The first kappa shape index (κ1) is 21.5. The fourth-order valence-corrected chi connectivity index (χ4v) is 3.79. The number of hydrogen-bond acceptors (Lipinski definition) is 4. The molecule has 1 amide bonds. The van der Waals surface area contributed by atoms with Gasteiger partial charge in [-0.3, -0.25) is 14.4 Å². The van der Waals surface area contributed by atoms with Gasteiger partial charge in [-0.05, 0) is 59.9 Å². The van der Waals surface area contributed by atoms with Crippen LogP contribution in [-0.2, 0) is 13.0 Å². The molecule has 0 bridgehead atoms. The molecule has 0 saturated heterocycles. The number of halogens is 1. The summed E-state index contributed by atoms with van der Waals surface area (Å²) >= 11 is 0. The fourth-order valence-electron chi connectivity index (χ4n) is 3.79. The molecule has 6 nitrogen and oxygen atoms in total. The second kappa shape index (κ2) is 8.42. The predicted molar refractivity (Wildman–Crippen MR) is 118 cm³/mol. The van der Waals surface area contributed by atoms with Crippen molar-refractivity contribution in [1.82, 2.24) is 10.3 Å². The number of nitrogens with one attached hydrogen (secondary N) is 2. The summed E-state index contributed by atoms with van der Waals surface area (Å²) in [7, 11) is 0. The van der Waals surface area contributed by atoms with Crippen LogP contribution in [0.15, 0.2) is 59.4 Å². The summed E-state index contributed by atoms with van der Waals surface area (Å²) in [5.41, 5.74) is 1.00. The highest BCUT2D eigenvalue weighted by Gasteiger charge is 2.32. The molecule has 3 aromatic rings. The van der Waals surface area contributed by atoms with Gasteiger partial charge in [-0.1, -0.05) is 26.0 Å². The molecule has 0 fully saturated rings. The molecule has 1 aliphatic rings. The van der Waals surface area contributed by atoms with Gasteiger partial charge >= 0.3 is 0 Å². The van der Waals surface area contributed by atoms with Crippen LogP contribution in [0.3, 0.4) is 0 Å². The van der Waals surface area contributed by atoms with Crippen LogP contribution in [0.5, 0.6) is 11.5 Å². The first-order valence-corrected chi connectivity index (χ1v) is 10.3. The Balaban J connectivity index is 1.42. The molecule has 1 heterocycles. The van der Waals surface area contributed by atoms with Crippen LogP contribution in [0, 0.1) is 11.2 Å². The van der Waals surface area contributed by atoms with E-state index in [9.17, 15) is 18.8 Å². The van der Waals surface area contributed by atoms with Gasteiger partial charge in [-0.2, -0.15) is 0 Å². The molecule has 2 aromatic carbocycles. The number of rotatable bonds is 5. The van der Waals surface area contributed by atoms with Crippen LogP contribution in [0.1, 0.15) is 52.2 Å². The van der Waals surface area contributed by atoms with E-state index in [4.69, 9.17) is 4.74 Å². The van der Waals surface area contributed by atoms with Crippen molar-refractivity contribution in [2.24, 2.45) is 5.41 Å². The number of aromatic nitrogens is 1. The van der Waals surface area contributed by atoms with E-state index in [1.807, 2.05) is 13.8 Å². The second-order valence-electron chi connectivity index (χ2n) is 8.73. The molecular weight excluding hydrogens is 411 g/mol. The molecule has 0 saturated carbocycles. The van der Waals surface area contributed by atoms with E-state index in [-0.39, 0.29) is 29.1 Å². The summed E-state index contributed by atoms with van der Waals surface area (Å²) in [6.07, 6.45) is 0.955. The number of H-pyrrole nitrogens is 1. The summed E-state index contributed by atoms with van der Waals surface area (Å²) < 4.78 is 18.6. The minimum atomic E-state index is -0.543. The number of Topliss-reactive ketones (excluding diaryl/α,β-unsaturated/α-hetero) is 1. The smallest absolute Gasteiger partial charge is 0.261 e. The summed E-state index contributed by atoms with van der Waals surface area (Å²) in [4.78, 5) is 40.2. The molecule has 2 N–H and O–H groups in total. The van der Waals surface area contributed by atoms with Gasteiger partial charge < -0.3 is 15.0 Å². The Morgan fingerprint density at radius 3 is 2.31 bits per heavy atom. The lowest BCUT2D eigenvalue weighted by Gasteiger charge is -2.29. The van der Waals surface area contributed by atoms with Gasteiger partial charge in [0, 0.05) is 24.2 Å². The minimum absolute atomic E-state index is 0.0710.